The summed E-state index contributed by atoms with van der Waals surface area (Å²) in [6, 6.07) is 2.28. The van der Waals surface area contributed by atoms with Crippen molar-refractivity contribution in [2.75, 3.05) is 12.9 Å². The second kappa shape index (κ2) is 16.1. The first-order chi connectivity index (χ1) is 20.9. The van der Waals surface area contributed by atoms with Gasteiger partial charge in [0.1, 0.15) is 11.6 Å². The van der Waals surface area contributed by atoms with Gasteiger partial charge in [-0.2, -0.15) is 21.6 Å². The number of rotatable bonds is 15. The molecule has 0 aliphatic rings. The molecule has 0 fully saturated rings. The zero-order valence-corrected chi connectivity index (χ0v) is 26.6. The minimum Gasteiger partial charge on any atom is -0.466 e. The molecule has 0 bridgehead atoms. The number of ether oxygens (including phenoxy) is 1. The molecule has 2 atom stereocenters. The molecule has 248 valence electrons. The van der Waals surface area contributed by atoms with Gasteiger partial charge >= 0.3 is 12.1 Å². The Hall–Kier alpha value is -3.58. The quantitative estimate of drug-likeness (QED) is 0.0710. The van der Waals surface area contributed by atoms with Gasteiger partial charge in [0.2, 0.25) is 0 Å². The highest BCUT2D eigenvalue weighted by atomic mass is 32.2. The van der Waals surface area contributed by atoms with E-state index in [1.165, 1.54) is 26.8 Å². The Morgan fingerprint density at radius 2 is 1.78 bits per heavy atom. The third-order valence-corrected chi connectivity index (χ3v) is 7.20. The van der Waals surface area contributed by atoms with Crippen molar-refractivity contribution in [2.24, 2.45) is 0 Å². The molecule has 45 heavy (non-hydrogen) atoms. The van der Waals surface area contributed by atoms with Crippen molar-refractivity contribution >= 4 is 22.0 Å². The van der Waals surface area contributed by atoms with Crippen LogP contribution in [0.2, 0.25) is 0 Å². The fraction of sp³-hybridized carbons (Fsp3) is 0.438. The average molecular weight is 660 g/mol. The van der Waals surface area contributed by atoms with Crippen LogP contribution in [0.5, 0.6) is 0 Å². The van der Waals surface area contributed by atoms with Crippen molar-refractivity contribution in [3.8, 4) is 11.1 Å². The van der Waals surface area contributed by atoms with E-state index in [2.05, 4.69) is 11.9 Å². The zero-order chi connectivity index (χ0) is 34.1. The summed E-state index contributed by atoms with van der Waals surface area (Å²) in [6.45, 7) is 9.81. The van der Waals surface area contributed by atoms with Crippen LogP contribution in [0.25, 0.3) is 11.1 Å². The van der Waals surface area contributed by atoms with Crippen molar-refractivity contribution in [2.45, 2.75) is 78.1 Å². The molecule has 2 rings (SSSR count). The van der Waals surface area contributed by atoms with E-state index in [0.717, 1.165) is 12.1 Å². The van der Waals surface area contributed by atoms with Gasteiger partial charge in [-0.1, -0.05) is 17.7 Å². The number of carbonyl (C=O) groups is 2. The van der Waals surface area contributed by atoms with Crippen molar-refractivity contribution in [1.82, 2.24) is 5.32 Å². The van der Waals surface area contributed by atoms with Crippen LogP contribution in [0.3, 0.4) is 0 Å². The number of halogens is 5. The highest BCUT2D eigenvalue weighted by Crippen LogP contribution is 2.40. The highest BCUT2D eigenvalue weighted by molar-refractivity contribution is 7.86. The van der Waals surface area contributed by atoms with E-state index in [-0.39, 0.29) is 29.7 Å². The van der Waals surface area contributed by atoms with Crippen molar-refractivity contribution in [3.63, 3.8) is 0 Å². The van der Waals surface area contributed by atoms with Gasteiger partial charge in [-0.3, -0.25) is 13.8 Å². The van der Waals surface area contributed by atoms with Gasteiger partial charge in [0, 0.05) is 12.0 Å². The fourth-order valence-corrected chi connectivity index (χ4v) is 5.42. The minimum absolute atomic E-state index is 0.114. The molecule has 1 N–H and O–H groups in total. The number of hydrogen-bond donors (Lipinski definition) is 1. The Bertz CT molecular complexity index is 1540. The van der Waals surface area contributed by atoms with E-state index in [1.54, 1.807) is 0 Å². The fourth-order valence-electron chi connectivity index (χ4n) is 4.84. The Morgan fingerprint density at radius 1 is 1.11 bits per heavy atom. The van der Waals surface area contributed by atoms with Crippen LogP contribution in [0.15, 0.2) is 48.6 Å². The van der Waals surface area contributed by atoms with Crippen LogP contribution in [-0.2, 0) is 41.2 Å². The van der Waals surface area contributed by atoms with Crippen LogP contribution in [-0.4, -0.2) is 39.3 Å². The topological polar surface area (TPSA) is 98.8 Å². The summed E-state index contributed by atoms with van der Waals surface area (Å²) in [5.41, 5.74) is -1.25. The molecule has 0 saturated heterocycles. The predicted molar refractivity (Wildman–Crippen MR) is 161 cm³/mol. The largest absolute Gasteiger partial charge is 0.466 e. The summed E-state index contributed by atoms with van der Waals surface area (Å²) in [5, 5.41) is 2.29. The first-order valence-electron chi connectivity index (χ1n) is 14.2. The average Bonchev–Trinajstić information content (AvgIpc) is 2.89. The standard InChI is InChI=1S/C32H38F5NO6S/c1-7-9-10-11-12-21-15-23(33)14-20(5)29(21)22-16-24(30(34)25(17-22)32(35,36)37)26(18-28(39)43-8-2)38-31(40)27(13-19(3)4)44-45(6,41)42/h7,9,14-17,26-27H,3,8,10-13,18H2,1-2,4-6H3,(H,38,40)/t26-,27+/m0/s1. The van der Waals surface area contributed by atoms with Gasteiger partial charge in [0.15, 0.2) is 6.10 Å². The number of benzene rings is 2. The van der Waals surface area contributed by atoms with E-state index >= 15 is 4.39 Å². The van der Waals surface area contributed by atoms with Crippen LogP contribution in [0.1, 0.15) is 74.8 Å². The molecular formula is C32H38F5NO6S. The molecule has 0 radical (unpaired) electrons. The Balaban J connectivity index is 2.82. The summed E-state index contributed by atoms with van der Waals surface area (Å²) in [7, 11) is -4.20. The number of esters is 1. The van der Waals surface area contributed by atoms with Gasteiger partial charge in [-0.25, -0.2) is 8.78 Å². The molecule has 0 aliphatic heterocycles. The molecule has 0 unspecified atom stereocenters. The number of allylic oxidation sites excluding steroid dienone is 2. The Morgan fingerprint density at radius 3 is 2.33 bits per heavy atom. The molecule has 2 aromatic carbocycles. The number of nitrogens with one attached hydrogen (secondary N) is 1. The van der Waals surface area contributed by atoms with Crippen molar-refractivity contribution < 1.29 is 48.9 Å². The number of aryl methyl sites for hydroxylation is 2. The lowest BCUT2D eigenvalue weighted by Gasteiger charge is -2.25. The molecule has 0 aromatic heterocycles. The van der Waals surface area contributed by atoms with Gasteiger partial charge in [0.05, 0.1) is 30.9 Å². The van der Waals surface area contributed by atoms with E-state index < -0.39 is 69.5 Å². The van der Waals surface area contributed by atoms with Gasteiger partial charge < -0.3 is 10.1 Å². The van der Waals surface area contributed by atoms with Crippen LogP contribution < -0.4 is 5.32 Å². The monoisotopic (exact) mass is 659 g/mol. The Kier molecular flexibility index (Phi) is 13.5. The lowest BCUT2D eigenvalue weighted by atomic mass is 9.88. The van der Waals surface area contributed by atoms with E-state index in [9.17, 15) is 35.6 Å². The molecule has 0 aliphatic carbocycles. The smallest absolute Gasteiger partial charge is 0.419 e. The SMILES string of the molecule is C=C(C)C[C@@H](OS(C)(=O)=O)C(=O)N[C@@H](CC(=O)OCC)c1cc(-c2c(C)cc(F)cc2CCCC=CC)cc(C(F)(F)F)c1F. The third kappa shape index (κ3) is 11.4. The number of carbonyl (C=O) groups excluding carboxylic acids is 2. The molecule has 1 amide bonds. The Labute approximate surface area is 260 Å². The van der Waals surface area contributed by atoms with Crippen LogP contribution in [0, 0.1) is 18.6 Å². The minimum atomic E-state index is -5.20. The molecule has 13 heteroatoms. The van der Waals surface area contributed by atoms with E-state index in [4.69, 9.17) is 8.92 Å². The molecule has 0 spiro atoms. The van der Waals surface area contributed by atoms with Gasteiger partial charge in [-0.05, 0) is 93.5 Å². The summed E-state index contributed by atoms with van der Waals surface area (Å²) in [4.78, 5) is 25.8. The molecular weight excluding hydrogens is 621 g/mol. The molecule has 0 saturated carbocycles. The van der Waals surface area contributed by atoms with Crippen LogP contribution in [0.4, 0.5) is 22.0 Å². The molecule has 2 aromatic rings. The summed E-state index contributed by atoms with van der Waals surface area (Å²) >= 11 is 0. The third-order valence-electron chi connectivity index (χ3n) is 6.61. The van der Waals surface area contributed by atoms with Crippen molar-refractivity contribution in [3.05, 3.63) is 82.5 Å². The molecule has 7 nitrogen and oxygen atoms in total. The number of amides is 1. The van der Waals surface area contributed by atoms with Crippen molar-refractivity contribution in [1.29, 1.82) is 0 Å². The number of hydrogen-bond acceptors (Lipinski definition) is 6. The lowest BCUT2D eigenvalue weighted by molar-refractivity contribution is -0.144. The lowest BCUT2D eigenvalue weighted by Crippen LogP contribution is -2.41. The maximum atomic E-state index is 15.8. The summed E-state index contributed by atoms with van der Waals surface area (Å²) in [6.07, 6.45) is -2.12. The van der Waals surface area contributed by atoms with E-state index in [1.807, 2.05) is 19.1 Å². The van der Waals surface area contributed by atoms with Gasteiger partial charge in [0.25, 0.3) is 16.0 Å². The van der Waals surface area contributed by atoms with Gasteiger partial charge in [-0.15, -0.1) is 6.58 Å². The first-order valence-corrected chi connectivity index (χ1v) is 16.0. The number of alkyl halides is 3. The second-order valence-electron chi connectivity index (χ2n) is 10.7. The first kappa shape index (κ1) is 37.6. The predicted octanol–water partition coefficient (Wildman–Crippen LogP) is 7.28. The maximum Gasteiger partial charge on any atom is 0.419 e. The summed E-state index contributed by atoms with van der Waals surface area (Å²) in [5.74, 6) is -4.46. The number of unbranched alkanes of at least 4 members (excludes halogenated alkanes) is 1. The maximum absolute atomic E-state index is 15.8. The molecule has 0 heterocycles. The summed E-state index contributed by atoms with van der Waals surface area (Å²) < 4.78 is 107. The zero-order valence-electron chi connectivity index (χ0n) is 25.8. The normalized spacial score (nSPS) is 13.5. The van der Waals surface area contributed by atoms with Crippen LogP contribution >= 0.6 is 0 Å². The second-order valence-corrected chi connectivity index (χ2v) is 12.3. The highest BCUT2D eigenvalue weighted by Gasteiger charge is 2.38. The van der Waals surface area contributed by atoms with E-state index in [0.29, 0.717) is 42.7 Å².